The minimum absolute atomic E-state index is 0.154. The van der Waals surface area contributed by atoms with Crippen LogP contribution in [0.1, 0.15) is 28.5 Å². The molecule has 0 bridgehead atoms. The van der Waals surface area contributed by atoms with Gasteiger partial charge in [-0.3, -0.25) is 5.32 Å². The average Bonchev–Trinajstić information content (AvgIpc) is 3.27. The van der Waals surface area contributed by atoms with Crippen molar-refractivity contribution in [2.24, 2.45) is 0 Å². The number of aliphatic carboxylic acids is 1. The average molecular weight is 485 g/mol. The first-order valence-corrected chi connectivity index (χ1v) is 11.5. The second-order valence-corrected chi connectivity index (χ2v) is 8.49. The monoisotopic (exact) mass is 484 g/mol. The van der Waals surface area contributed by atoms with E-state index in [0.717, 1.165) is 27.8 Å². The van der Waals surface area contributed by atoms with Crippen LogP contribution in [0.15, 0.2) is 77.3 Å². The molecule has 182 valence electrons. The molecule has 8 heteroatoms. The molecule has 1 aromatic heterocycles. The van der Waals surface area contributed by atoms with E-state index < -0.39 is 18.2 Å². The van der Waals surface area contributed by atoms with Gasteiger partial charge in [-0.1, -0.05) is 78.0 Å². The number of nitrogens with zero attached hydrogens (tertiary/aromatic N) is 1. The summed E-state index contributed by atoms with van der Waals surface area (Å²) in [4.78, 5) is 23.9. The molecule has 1 aliphatic rings. The lowest BCUT2D eigenvalue weighted by Gasteiger charge is -2.23. The Morgan fingerprint density at radius 2 is 1.75 bits per heavy atom. The van der Waals surface area contributed by atoms with Crippen molar-refractivity contribution in [3.63, 3.8) is 0 Å². The van der Waals surface area contributed by atoms with Gasteiger partial charge in [0.15, 0.2) is 11.9 Å². The summed E-state index contributed by atoms with van der Waals surface area (Å²) in [6, 6.07) is 22.8. The largest absolute Gasteiger partial charge is 0.479 e. The summed E-state index contributed by atoms with van der Waals surface area (Å²) in [6.07, 6.45) is -0.858. The fraction of sp³-hybridized carbons (Fsp3) is 0.179. The summed E-state index contributed by atoms with van der Waals surface area (Å²) >= 11 is 0. The maximum atomic E-state index is 12.4. The summed E-state index contributed by atoms with van der Waals surface area (Å²) in [5.74, 6) is -0.550. The van der Waals surface area contributed by atoms with Crippen LogP contribution in [0.4, 0.5) is 10.5 Å². The second-order valence-electron chi connectivity index (χ2n) is 8.49. The van der Waals surface area contributed by atoms with Crippen LogP contribution in [0.5, 0.6) is 0 Å². The Balaban J connectivity index is 1.32. The SMILES string of the molecule is Cc1noc(-c2ccc(-c3ccc4c(c3)CCOC4C(=O)O)cc2)c1NC(=O)OCc1ccccc1. The highest BCUT2D eigenvalue weighted by molar-refractivity contribution is 5.91. The van der Waals surface area contributed by atoms with Gasteiger partial charge in [0.25, 0.3) is 0 Å². The van der Waals surface area contributed by atoms with Crippen molar-refractivity contribution in [3.8, 4) is 22.5 Å². The van der Waals surface area contributed by atoms with Crippen LogP contribution < -0.4 is 5.32 Å². The summed E-state index contributed by atoms with van der Waals surface area (Å²) in [5.41, 5.74) is 6.23. The van der Waals surface area contributed by atoms with E-state index in [1.807, 2.05) is 72.8 Å². The standard InChI is InChI=1S/C28H24N2O6/c1-17-24(29-28(33)35-16-18-5-3-2-4-6-18)25(36-30-17)20-9-7-19(8-10-20)21-11-12-23-22(15-21)13-14-34-26(23)27(31)32/h2-12,15,26H,13-14,16H2,1H3,(H,29,33)(H,31,32). The Labute approximate surface area is 207 Å². The number of carbonyl (C=O) groups is 2. The summed E-state index contributed by atoms with van der Waals surface area (Å²) in [6.45, 7) is 2.28. The Morgan fingerprint density at radius 3 is 2.50 bits per heavy atom. The van der Waals surface area contributed by atoms with Crippen molar-refractivity contribution in [1.82, 2.24) is 5.16 Å². The molecule has 4 aromatic rings. The quantitative estimate of drug-likeness (QED) is 0.358. The van der Waals surface area contributed by atoms with Gasteiger partial charge in [0.1, 0.15) is 18.0 Å². The van der Waals surface area contributed by atoms with Crippen molar-refractivity contribution in [2.75, 3.05) is 11.9 Å². The highest BCUT2D eigenvalue weighted by Gasteiger charge is 2.27. The Hall–Kier alpha value is -4.43. The van der Waals surface area contributed by atoms with Gasteiger partial charge in [0.2, 0.25) is 0 Å². The number of benzene rings is 3. The highest BCUT2D eigenvalue weighted by atomic mass is 16.5. The third-order valence-electron chi connectivity index (χ3n) is 6.09. The molecule has 0 radical (unpaired) electrons. The molecule has 36 heavy (non-hydrogen) atoms. The van der Waals surface area contributed by atoms with Crippen LogP contribution in [-0.2, 0) is 27.3 Å². The number of aryl methyl sites for hydroxylation is 1. The van der Waals surface area contributed by atoms with E-state index in [1.54, 1.807) is 6.92 Å². The van der Waals surface area contributed by atoms with Gasteiger partial charge in [-0.25, -0.2) is 9.59 Å². The van der Waals surface area contributed by atoms with Crippen LogP contribution in [-0.4, -0.2) is 28.9 Å². The fourth-order valence-corrected chi connectivity index (χ4v) is 4.23. The Morgan fingerprint density at radius 1 is 1.03 bits per heavy atom. The maximum absolute atomic E-state index is 12.4. The third kappa shape index (κ3) is 4.85. The molecular formula is C28H24N2O6. The van der Waals surface area contributed by atoms with Crippen molar-refractivity contribution in [2.45, 2.75) is 26.1 Å². The first kappa shape index (κ1) is 23.3. The lowest BCUT2D eigenvalue weighted by atomic mass is 9.92. The lowest BCUT2D eigenvalue weighted by Crippen LogP contribution is -2.23. The second kappa shape index (κ2) is 10.1. The molecule has 2 N–H and O–H groups in total. The lowest BCUT2D eigenvalue weighted by molar-refractivity contribution is -0.151. The number of carbonyl (C=O) groups excluding carboxylic acids is 1. The molecule has 3 aromatic carbocycles. The zero-order valence-electron chi connectivity index (χ0n) is 19.6. The number of carboxylic acid groups (broad SMARTS) is 1. The van der Waals surface area contributed by atoms with Gasteiger partial charge >= 0.3 is 12.1 Å². The molecule has 0 saturated heterocycles. The predicted octanol–water partition coefficient (Wildman–Crippen LogP) is 5.76. The van der Waals surface area contributed by atoms with Crippen molar-refractivity contribution < 1.29 is 28.7 Å². The van der Waals surface area contributed by atoms with Gasteiger partial charge in [0, 0.05) is 5.56 Å². The predicted molar refractivity (Wildman–Crippen MR) is 132 cm³/mol. The highest BCUT2D eigenvalue weighted by Crippen LogP contribution is 2.34. The maximum Gasteiger partial charge on any atom is 0.412 e. The molecule has 0 fully saturated rings. The normalized spacial score (nSPS) is 14.6. The van der Waals surface area contributed by atoms with Gasteiger partial charge in [0.05, 0.1) is 6.61 Å². The van der Waals surface area contributed by atoms with E-state index in [4.69, 9.17) is 14.0 Å². The van der Waals surface area contributed by atoms with Crippen molar-refractivity contribution in [3.05, 3.63) is 95.2 Å². The number of carboxylic acids is 1. The molecule has 1 amide bonds. The number of anilines is 1. The van der Waals surface area contributed by atoms with E-state index in [-0.39, 0.29) is 6.61 Å². The number of aromatic nitrogens is 1. The minimum atomic E-state index is -0.983. The number of fused-ring (bicyclic) bond motifs is 1. The van der Waals surface area contributed by atoms with Crippen molar-refractivity contribution in [1.29, 1.82) is 0 Å². The van der Waals surface area contributed by atoms with Crippen molar-refractivity contribution >= 4 is 17.7 Å². The molecule has 0 aliphatic carbocycles. The number of nitrogens with one attached hydrogen (secondary N) is 1. The third-order valence-corrected chi connectivity index (χ3v) is 6.09. The fourth-order valence-electron chi connectivity index (χ4n) is 4.23. The molecule has 1 atom stereocenters. The summed E-state index contributed by atoms with van der Waals surface area (Å²) in [7, 11) is 0. The zero-order valence-corrected chi connectivity index (χ0v) is 19.6. The number of hydrogen-bond acceptors (Lipinski definition) is 6. The van der Waals surface area contributed by atoms with Gasteiger partial charge in [-0.2, -0.15) is 0 Å². The molecule has 5 rings (SSSR count). The number of amides is 1. The van der Waals surface area contributed by atoms with Crippen LogP contribution in [0.2, 0.25) is 0 Å². The van der Waals surface area contributed by atoms with Crippen LogP contribution in [0.3, 0.4) is 0 Å². The smallest absolute Gasteiger partial charge is 0.412 e. The molecule has 1 unspecified atom stereocenters. The minimum Gasteiger partial charge on any atom is -0.479 e. The number of hydrogen-bond donors (Lipinski definition) is 2. The van der Waals surface area contributed by atoms with E-state index in [9.17, 15) is 14.7 Å². The van der Waals surface area contributed by atoms with E-state index >= 15 is 0 Å². The Bertz CT molecular complexity index is 1400. The van der Waals surface area contributed by atoms with E-state index in [1.165, 1.54) is 0 Å². The molecule has 2 heterocycles. The van der Waals surface area contributed by atoms with Crippen LogP contribution in [0, 0.1) is 6.92 Å². The van der Waals surface area contributed by atoms with Gasteiger partial charge in [-0.15, -0.1) is 0 Å². The van der Waals surface area contributed by atoms with Crippen LogP contribution >= 0.6 is 0 Å². The van der Waals surface area contributed by atoms with E-state index in [0.29, 0.717) is 35.7 Å². The first-order valence-electron chi connectivity index (χ1n) is 11.5. The van der Waals surface area contributed by atoms with Gasteiger partial charge in [-0.05, 0) is 41.2 Å². The molecule has 0 spiro atoms. The molecule has 8 nitrogen and oxygen atoms in total. The molecular weight excluding hydrogens is 460 g/mol. The molecule has 1 aliphatic heterocycles. The van der Waals surface area contributed by atoms with Gasteiger partial charge < -0.3 is 19.1 Å². The van der Waals surface area contributed by atoms with Crippen LogP contribution in [0.25, 0.3) is 22.5 Å². The summed E-state index contributed by atoms with van der Waals surface area (Å²) < 4.78 is 16.2. The number of rotatable bonds is 6. The number of ether oxygens (including phenoxy) is 2. The topological polar surface area (TPSA) is 111 Å². The zero-order chi connectivity index (χ0) is 25.1. The van der Waals surface area contributed by atoms with E-state index in [2.05, 4.69) is 10.5 Å². The molecule has 0 saturated carbocycles. The Kier molecular flexibility index (Phi) is 6.51. The summed E-state index contributed by atoms with van der Waals surface area (Å²) in [5, 5.41) is 16.2. The first-order chi connectivity index (χ1) is 17.5.